The highest BCUT2D eigenvalue weighted by atomic mass is 35.5. The quantitative estimate of drug-likeness (QED) is 0.872. The lowest BCUT2D eigenvalue weighted by Gasteiger charge is -2.15. The second-order valence-corrected chi connectivity index (χ2v) is 5.90. The summed E-state index contributed by atoms with van der Waals surface area (Å²) in [7, 11) is 0. The third kappa shape index (κ3) is 1.88. The Morgan fingerprint density at radius 1 is 1.35 bits per heavy atom. The normalized spacial score (nSPS) is 27.7. The molecular weight excluding hydrogens is 281 g/mol. The van der Waals surface area contributed by atoms with Crippen LogP contribution in [-0.4, -0.2) is 29.9 Å². The summed E-state index contributed by atoms with van der Waals surface area (Å²) in [6.45, 7) is 1.42. The summed E-state index contributed by atoms with van der Waals surface area (Å²) in [5.74, 6) is 1.70. The van der Waals surface area contributed by atoms with Gasteiger partial charge in [0.1, 0.15) is 0 Å². The van der Waals surface area contributed by atoms with Crippen LogP contribution in [0.15, 0.2) is 28.8 Å². The SMILES string of the molecule is FCC1[C@H]2CN(c3nc(-c4cccc(Cl)c4)no3)C[C@@H]12. The zero-order chi connectivity index (χ0) is 13.7. The molecule has 1 saturated heterocycles. The summed E-state index contributed by atoms with van der Waals surface area (Å²) in [5.41, 5.74) is 0.832. The number of anilines is 1. The van der Waals surface area contributed by atoms with E-state index >= 15 is 0 Å². The predicted octanol–water partition coefficient (Wildman–Crippen LogP) is 3.04. The van der Waals surface area contributed by atoms with Gasteiger partial charge in [-0.05, 0) is 29.9 Å². The molecule has 0 bridgehead atoms. The molecule has 0 radical (unpaired) electrons. The summed E-state index contributed by atoms with van der Waals surface area (Å²) in [6, 6.07) is 7.87. The Labute approximate surface area is 120 Å². The highest BCUT2D eigenvalue weighted by Crippen LogP contribution is 2.52. The number of nitrogens with zero attached hydrogens (tertiary/aromatic N) is 3. The average Bonchev–Trinajstić information content (AvgIpc) is 2.88. The fourth-order valence-electron chi connectivity index (χ4n) is 3.12. The van der Waals surface area contributed by atoms with E-state index in [0.29, 0.717) is 28.7 Å². The number of alkyl halides is 1. The maximum Gasteiger partial charge on any atom is 0.324 e. The van der Waals surface area contributed by atoms with Gasteiger partial charge in [-0.3, -0.25) is 4.39 Å². The maximum atomic E-state index is 12.6. The zero-order valence-corrected chi connectivity index (χ0v) is 11.4. The number of piperidine rings is 1. The average molecular weight is 294 g/mol. The molecule has 1 unspecified atom stereocenters. The minimum atomic E-state index is -0.208. The topological polar surface area (TPSA) is 42.2 Å². The van der Waals surface area contributed by atoms with Crippen LogP contribution in [0.5, 0.6) is 0 Å². The Morgan fingerprint density at radius 3 is 2.85 bits per heavy atom. The van der Waals surface area contributed by atoms with Crippen molar-refractivity contribution in [2.75, 3.05) is 24.7 Å². The van der Waals surface area contributed by atoms with Crippen LogP contribution in [0.25, 0.3) is 11.4 Å². The fourth-order valence-corrected chi connectivity index (χ4v) is 3.31. The third-order valence-corrected chi connectivity index (χ3v) is 4.55. The monoisotopic (exact) mass is 293 g/mol. The van der Waals surface area contributed by atoms with Crippen molar-refractivity contribution in [1.29, 1.82) is 0 Å². The smallest absolute Gasteiger partial charge is 0.324 e. The van der Waals surface area contributed by atoms with E-state index in [-0.39, 0.29) is 12.6 Å². The summed E-state index contributed by atoms with van der Waals surface area (Å²) in [6.07, 6.45) is 0. The minimum Gasteiger partial charge on any atom is -0.324 e. The van der Waals surface area contributed by atoms with Crippen LogP contribution in [0.2, 0.25) is 5.02 Å². The molecule has 2 aliphatic rings. The fraction of sp³-hybridized carbons (Fsp3) is 0.429. The highest BCUT2D eigenvalue weighted by Gasteiger charge is 2.56. The second-order valence-electron chi connectivity index (χ2n) is 5.46. The van der Waals surface area contributed by atoms with Crippen molar-refractivity contribution in [2.24, 2.45) is 17.8 Å². The largest absolute Gasteiger partial charge is 0.324 e. The molecule has 2 fully saturated rings. The molecular formula is C14H13ClFN3O. The highest BCUT2D eigenvalue weighted by molar-refractivity contribution is 6.30. The van der Waals surface area contributed by atoms with E-state index in [1.54, 1.807) is 12.1 Å². The van der Waals surface area contributed by atoms with Gasteiger partial charge in [0.15, 0.2) is 0 Å². The van der Waals surface area contributed by atoms with Gasteiger partial charge in [0, 0.05) is 23.7 Å². The van der Waals surface area contributed by atoms with Crippen LogP contribution in [-0.2, 0) is 0 Å². The van der Waals surface area contributed by atoms with E-state index < -0.39 is 0 Å². The number of hydrogen-bond acceptors (Lipinski definition) is 4. The van der Waals surface area contributed by atoms with E-state index in [4.69, 9.17) is 16.1 Å². The Morgan fingerprint density at radius 2 is 2.15 bits per heavy atom. The predicted molar refractivity (Wildman–Crippen MR) is 73.4 cm³/mol. The van der Waals surface area contributed by atoms with Crippen LogP contribution in [0.3, 0.4) is 0 Å². The first-order chi connectivity index (χ1) is 9.76. The molecule has 20 heavy (non-hydrogen) atoms. The van der Waals surface area contributed by atoms with Crippen LogP contribution < -0.4 is 4.90 Å². The number of hydrogen-bond donors (Lipinski definition) is 0. The Balaban J connectivity index is 1.52. The van der Waals surface area contributed by atoms with Gasteiger partial charge < -0.3 is 9.42 Å². The number of benzene rings is 1. The summed E-state index contributed by atoms with van der Waals surface area (Å²) in [5, 5.41) is 4.63. The summed E-state index contributed by atoms with van der Waals surface area (Å²) < 4.78 is 17.9. The van der Waals surface area contributed by atoms with Crippen molar-refractivity contribution in [1.82, 2.24) is 10.1 Å². The molecule has 0 amide bonds. The van der Waals surface area contributed by atoms with E-state index in [1.165, 1.54) is 0 Å². The molecule has 0 N–H and O–H groups in total. The molecule has 1 aliphatic heterocycles. The maximum absolute atomic E-state index is 12.6. The molecule has 2 aromatic rings. The number of aromatic nitrogens is 2. The van der Waals surface area contributed by atoms with E-state index in [0.717, 1.165) is 18.7 Å². The van der Waals surface area contributed by atoms with Crippen LogP contribution >= 0.6 is 11.6 Å². The van der Waals surface area contributed by atoms with Crippen molar-refractivity contribution >= 4 is 17.6 Å². The van der Waals surface area contributed by atoms with E-state index in [2.05, 4.69) is 10.1 Å². The number of fused-ring (bicyclic) bond motifs is 1. The van der Waals surface area contributed by atoms with Crippen molar-refractivity contribution in [3.63, 3.8) is 0 Å². The molecule has 4 nitrogen and oxygen atoms in total. The van der Waals surface area contributed by atoms with E-state index in [1.807, 2.05) is 17.0 Å². The molecule has 3 atom stereocenters. The molecule has 104 valence electrons. The van der Waals surface area contributed by atoms with Gasteiger partial charge in [-0.1, -0.05) is 28.9 Å². The van der Waals surface area contributed by atoms with Crippen molar-refractivity contribution in [3.8, 4) is 11.4 Å². The van der Waals surface area contributed by atoms with E-state index in [9.17, 15) is 4.39 Å². The molecule has 4 rings (SSSR count). The first kappa shape index (κ1) is 12.1. The number of rotatable bonds is 3. The van der Waals surface area contributed by atoms with Gasteiger partial charge in [0.05, 0.1) is 6.67 Å². The lowest BCUT2D eigenvalue weighted by molar-refractivity contribution is 0.395. The lowest BCUT2D eigenvalue weighted by atomic mass is 10.2. The Hall–Kier alpha value is -1.62. The first-order valence-electron chi connectivity index (χ1n) is 6.67. The number of halogens is 2. The van der Waals surface area contributed by atoms with Gasteiger partial charge in [0.2, 0.25) is 5.82 Å². The molecule has 1 aromatic heterocycles. The van der Waals surface area contributed by atoms with Gasteiger partial charge in [-0.2, -0.15) is 4.98 Å². The molecule has 6 heteroatoms. The molecule has 2 heterocycles. The standard InChI is InChI=1S/C14H13ClFN3O/c15-9-3-1-2-8(4-9)13-17-14(20-18-13)19-6-11-10(5-16)12(11)7-19/h1-4,10-12H,5-7H2/t10?,11-,12+. The summed E-state index contributed by atoms with van der Waals surface area (Å²) >= 11 is 5.95. The first-order valence-corrected chi connectivity index (χ1v) is 7.04. The van der Waals surface area contributed by atoms with Gasteiger partial charge >= 0.3 is 6.01 Å². The van der Waals surface area contributed by atoms with Crippen molar-refractivity contribution < 1.29 is 8.91 Å². The molecule has 1 aliphatic carbocycles. The van der Waals surface area contributed by atoms with Crippen LogP contribution in [0.1, 0.15) is 0 Å². The van der Waals surface area contributed by atoms with Crippen LogP contribution in [0, 0.1) is 17.8 Å². The van der Waals surface area contributed by atoms with Crippen LogP contribution in [0.4, 0.5) is 10.4 Å². The zero-order valence-electron chi connectivity index (χ0n) is 10.7. The van der Waals surface area contributed by atoms with Gasteiger partial charge in [0.25, 0.3) is 0 Å². The minimum absolute atomic E-state index is 0.208. The lowest BCUT2D eigenvalue weighted by Crippen LogP contribution is -2.24. The van der Waals surface area contributed by atoms with Crippen molar-refractivity contribution in [2.45, 2.75) is 0 Å². The molecule has 1 saturated carbocycles. The van der Waals surface area contributed by atoms with Gasteiger partial charge in [-0.25, -0.2) is 0 Å². The second kappa shape index (κ2) is 4.45. The Kier molecular flexibility index (Phi) is 2.70. The third-order valence-electron chi connectivity index (χ3n) is 4.32. The van der Waals surface area contributed by atoms with Crippen molar-refractivity contribution in [3.05, 3.63) is 29.3 Å². The van der Waals surface area contributed by atoms with Gasteiger partial charge in [-0.15, -0.1) is 0 Å². The molecule has 0 spiro atoms. The summed E-state index contributed by atoms with van der Waals surface area (Å²) in [4.78, 5) is 6.45. The molecule has 1 aromatic carbocycles. The Bertz CT molecular complexity index is 635.